The maximum Gasteiger partial charge on any atom is 0.255 e. The van der Waals surface area contributed by atoms with Crippen LogP contribution < -0.4 is 11.1 Å². The summed E-state index contributed by atoms with van der Waals surface area (Å²) in [5.74, 6) is -0.480. The number of rotatable bonds is 6. The van der Waals surface area contributed by atoms with Gasteiger partial charge in [-0.05, 0) is 29.3 Å². The number of hydrogen-bond donors (Lipinski definition) is 3. The fraction of sp³-hybridized carbons (Fsp3) is 0.0417. The number of nitrogen functional groups attached to an aromatic ring is 1. The first-order valence-corrected chi connectivity index (χ1v) is 10.4. The van der Waals surface area contributed by atoms with E-state index in [1.54, 1.807) is 42.7 Å². The number of carbonyl (C=O) groups is 2. The van der Waals surface area contributed by atoms with Crippen LogP contribution in [-0.2, 0) is 6.54 Å². The Hall–Kier alpha value is -3.71. The van der Waals surface area contributed by atoms with Gasteiger partial charge in [-0.3, -0.25) is 14.6 Å². The lowest BCUT2D eigenvalue weighted by Gasteiger charge is -2.10. The quantitative estimate of drug-likeness (QED) is 0.356. The van der Waals surface area contributed by atoms with E-state index in [1.165, 1.54) is 0 Å². The molecule has 0 atom stereocenters. The minimum atomic E-state index is -0.375. The van der Waals surface area contributed by atoms with Gasteiger partial charge in [0.15, 0.2) is 0 Å². The molecule has 0 aliphatic heterocycles. The molecule has 4 N–H and O–H groups in total. The van der Waals surface area contributed by atoms with E-state index in [4.69, 9.17) is 5.73 Å². The van der Waals surface area contributed by atoms with E-state index in [-0.39, 0.29) is 35.3 Å². The summed E-state index contributed by atoms with van der Waals surface area (Å²) in [5, 5.41) is 2.87. The summed E-state index contributed by atoms with van der Waals surface area (Å²) in [7, 11) is 0. The summed E-state index contributed by atoms with van der Waals surface area (Å²) in [6, 6.07) is 20.0. The van der Waals surface area contributed by atoms with Gasteiger partial charge in [0.05, 0.1) is 11.3 Å². The molecule has 0 fully saturated rings. The molecule has 7 heteroatoms. The van der Waals surface area contributed by atoms with E-state index < -0.39 is 0 Å². The molecular weight excluding hydrogens is 456 g/mol. The zero-order valence-electron chi connectivity index (χ0n) is 16.4. The third-order valence-corrected chi connectivity index (χ3v) is 5.30. The second-order valence-corrected chi connectivity index (χ2v) is 7.83. The van der Waals surface area contributed by atoms with Gasteiger partial charge in [-0.2, -0.15) is 0 Å². The van der Waals surface area contributed by atoms with Gasteiger partial charge in [0.25, 0.3) is 5.91 Å². The second kappa shape index (κ2) is 8.97. The third-order valence-electron chi connectivity index (χ3n) is 4.81. The Labute approximate surface area is 187 Å². The van der Waals surface area contributed by atoms with Gasteiger partial charge in [0, 0.05) is 34.5 Å². The van der Waals surface area contributed by atoms with Crippen molar-refractivity contribution < 1.29 is 9.59 Å². The summed E-state index contributed by atoms with van der Waals surface area (Å²) in [5.41, 5.74) is 9.25. The molecule has 154 valence electrons. The predicted molar refractivity (Wildman–Crippen MR) is 124 cm³/mol. The highest BCUT2D eigenvalue weighted by molar-refractivity contribution is 9.10. The molecule has 2 heterocycles. The third kappa shape index (κ3) is 4.41. The number of ketones is 1. The summed E-state index contributed by atoms with van der Waals surface area (Å²) in [4.78, 5) is 33.4. The Kier molecular flexibility index (Phi) is 5.95. The number of nitrogens with one attached hydrogen (secondary N) is 2. The maximum atomic E-state index is 13.3. The number of H-pyrrole nitrogens is 1. The molecule has 1 amide bonds. The molecule has 0 aliphatic rings. The van der Waals surface area contributed by atoms with Crippen molar-refractivity contribution in [3.8, 4) is 11.1 Å². The fourth-order valence-electron chi connectivity index (χ4n) is 3.37. The summed E-state index contributed by atoms with van der Waals surface area (Å²) < 4.78 is 0.824. The van der Waals surface area contributed by atoms with Gasteiger partial charge < -0.3 is 16.0 Å². The Morgan fingerprint density at radius 2 is 1.84 bits per heavy atom. The van der Waals surface area contributed by atoms with Crippen molar-refractivity contribution in [2.75, 3.05) is 5.73 Å². The lowest BCUT2D eigenvalue weighted by Crippen LogP contribution is -2.24. The van der Waals surface area contributed by atoms with Gasteiger partial charge in [-0.15, -0.1) is 0 Å². The van der Waals surface area contributed by atoms with Crippen LogP contribution in [0.15, 0.2) is 83.6 Å². The maximum absolute atomic E-state index is 13.3. The summed E-state index contributed by atoms with van der Waals surface area (Å²) >= 11 is 3.46. The molecule has 31 heavy (non-hydrogen) atoms. The zero-order valence-corrected chi connectivity index (χ0v) is 18.0. The highest BCUT2D eigenvalue weighted by atomic mass is 79.9. The average Bonchev–Trinajstić information content (AvgIpc) is 3.15. The van der Waals surface area contributed by atoms with Crippen LogP contribution in [0, 0.1) is 0 Å². The van der Waals surface area contributed by atoms with Crippen molar-refractivity contribution in [2.45, 2.75) is 6.54 Å². The number of pyridine rings is 1. The van der Waals surface area contributed by atoms with Crippen molar-refractivity contribution in [3.63, 3.8) is 0 Å². The number of nitrogens with zero attached hydrogens (tertiary/aromatic N) is 1. The molecule has 4 rings (SSSR count). The highest BCUT2D eigenvalue weighted by Gasteiger charge is 2.27. The van der Waals surface area contributed by atoms with Crippen LogP contribution in [0.25, 0.3) is 11.1 Å². The fourth-order valence-corrected chi connectivity index (χ4v) is 3.76. The predicted octanol–water partition coefficient (Wildman–Crippen LogP) is 4.58. The molecule has 0 aliphatic carbocycles. The smallest absolute Gasteiger partial charge is 0.255 e. The van der Waals surface area contributed by atoms with Gasteiger partial charge in [-0.25, -0.2) is 0 Å². The van der Waals surface area contributed by atoms with Crippen molar-refractivity contribution >= 4 is 33.4 Å². The summed E-state index contributed by atoms with van der Waals surface area (Å²) in [6.07, 6.45) is 3.35. The number of hydrogen-bond acceptors (Lipinski definition) is 4. The van der Waals surface area contributed by atoms with Crippen molar-refractivity contribution in [1.82, 2.24) is 15.3 Å². The Balaban J connectivity index is 1.78. The van der Waals surface area contributed by atoms with Crippen LogP contribution in [0.5, 0.6) is 0 Å². The van der Waals surface area contributed by atoms with Gasteiger partial charge >= 0.3 is 0 Å². The molecular formula is C24H19BrN4O2. The topological polar surface area (TPSA) is 101 Å². The number of benzene rings is 2. The number of amides is 1. The molecule has 0 bridgehead atoms. The van der Waals surface area contributed by atoms with Crippen LogP contribution in [0.4, 0.5) is 5.82 Å². The van der Waals surface area contributed by atoms with Crippen molar-refractivity contribution in [1.29, 1.82) is 0 Å². The second-order valence-electron chi connectivity index (χ2n) is 6.91. The van der Waals surface area contributed by atoms with E-state index in [0.29, 0.717) is 16.7 Å². The minimum Gasteiger partial charge on any atom is -0.385 e. The molecule has 0 saturated carbocycles. The molecule has 0 unspecified atom stereocenters. The van der Waals surface area contributed by atoms with Crippen molar-refractivity contribution in [2.24, 2.45) is 0 Å². The van der Waals surface area contributed by atoms with Gasteiger partial charge in [-0.1, -0.05) is 64.5 Å². The number of aromatic amines is 1. The molecule has 0 spiro atoms. The SMILES string of the molecule is Nc1[nH]c(C(=O)c2ccccc2)c(-c2cccc(Br)c2)c1C(=O)NCc1cccnc1. The van der Waals surface area contributed by atoms with Gasteiger partial charge in [0.2, 0.25) is 5.78 Å². The minimum absolute atomic E-state index is 0.137. The molecule has 2 aromatic heterocycles. The molecule has 2 aromatic carbocycles. The standard InChI is InChI=1S/C24H19BrN4O2/c25-18-10-4-9-17(12-18)19-20(24(31)28-14-15-6-5-11-27-13-15)23(26)29-21(19)22(30)16-7-2-1-3-8-16/h1-13,29H,14,26H2,(H,28,31). The van der Waals surface area contributed by atoms with E-state index in [1.807, 2.05) is 36.4 Å². The summed E-state index contributed by atoms with van der Waals surface area (Å²) in [6.45, 7) is 0.289. The Bertz CT molecular complexity index is 1240. The largest absolute Gasteiger partial charge is 0.385 e. The number of anilines is 1. The van der Waals surface area contributed by atoms with E-state index >= 15 is 0 Å². The van der Waals surface area contributed by atoms with Crippen LogP contribution >= 0.6 is 15.9 Å². The normalized spacial score (nSPS) is 10.6. The van der Waals surface area contributed by atoms with E-state index in [0.717, 1.165) is 10.0 Å². The van der Waals surface area contributed by atoms with Crippen molar-refractivity contribution in [3.05, 3.63) is 106 Å². The van der Waals surface area contributed by atoms with E-state index in [2.05, 4.69) is 31.2 Å². The van der Waals surface area contributed by atoms with Gasteiger partial charge in [0.1, 0.15) is 5.82 Å². The molecule has 4 aromatic rings. The highest BCUT2D eigenvalue weighted by Crippen LogP contribution is 2.34. The van der Waals surface area contributed by atoms with Crippen LogP contribution in [0.3, 0.4) is 0 Å². The first-order valence-electron chi connectivity index (χ1n) is 9.59. The van der Waals surface area contributed by atoms with Crippen LogP contribution in [0.1, 0.15) is 32.0 Å². The number of halogens is 1. The first kappa shape index (κ1) is 20.6. The lowest BCUT2D eigenvalue weighted by atomic mass is 9.96. The number of carbonyl (C=O) groups excluding carboxylic acids is 2. The molecule has 0 saturated heterocycles. The van der Waals surface area contributed by atoms with E-state index in [9.17, 15) is 9.59 Å². The number of nitrogens with two attached hydrogens (primary N) is 1. The van der Waals surface area contributed by atoms with Crippen LogP contribution in [-0.4, -0.2) is 21.7 Å². The zero-order chi connectivity index (χ0) is 21.8. The monoisotopic (exact) mass is 474 g/mol. The molecule has 6 nitrogen and oxygen atoms in total. The van der Waals surface area contributed by atoms with Crippen LogP contribution in [0.2, 0.25) is 0 Å². The first-order chi connectivity index (χ1) is 15.0. The lowest BCUT2D eigenvalue weighted by molar-refractivity contribution is 0.0952. The Morgan fingerprint density at radius 1 is 1.03 bits per heavy atom. The molecule has 0 radical (unpaired) electrons. The number of aromatic nitrogens is 2. The average molecular weight is 475 g/mol. The Morgan fingerprint density at radius 3 is 2.55 bits per heavy atom.